The summed E-state index contributed by atoms with van der Waals surface area (Å²) in [5.41, 5.74) is 2.77. The van der Waals surface area contributed by atoms with Gasteiger partial charge in [-0.15, -0.1) is 0 Å². The van der Waals surface area contributed by atoms with Crippen molar-refractivity contribution in [2.45, 2.75) is 38.6 Å². The number of aromatic nitrogens is 1. The third-order valence-electron chi connectivity index (χ3n) is 4.70. The van der Waals surface area contributed by atoms with Gasteiger partial charge < -0.3 is 10.2 Å². The number of hydrogen-bond donors (Lipinski definition) is 1. The van der Waals surface area contributed by atoms with Crippen LogP contribution in [-0.4, -0.2) is 34.8 Å². The van der Waals surface area contributed by atoms with Crippen molar-refractivity contribution in [3.8, 4) is 0 Å². The Morgan fingerprint density at radius 2 is 1.77 bits per heavy atom. The lowest BCUT2D eigenvalue weighted by Crippen LogP contribution is -2.35. The highest BCUT2D eigenvalue weighted by Gasteiger charge is 2.17. The number of nitrogens with one attached hydrogen (secondary N) is 1. The zero-order valence-corrected chi connectivity index (χ0v) is 15.0. The van der Waals surface area contributed by atoms with Crippen molar-refractivity contribution in [2.24, 2.45) is 0 Å². The first-order chi connectivity index (χ1) is 12.7. The van der Waals surface area contributed by atoms with Gasteiger partial charge in [0.25, 0.3) is 5.91 Å². The van der Waals surface area contributed by atoms with Crippen molar-refractivity contribution in [1.29, 1.82) is 0 Å². The van der Waals surface area contributed by atoms with Crippen molar-refractivity contribution in [2.75, 3.05) is 13.1 Å². The molecular formula is C21H25N3O2. The Labute approximate surface area is 154 Å². The second kappa shape index (κ2) is 9.13. The number of nitrogens with zero attached hydrogens (tertiary/aromatic N) is 2. The molecule has 26 heavy (non-hydrogen) atoms. The van der Waals surface area contributed by atoms with Crippen LogP contribution in [0.3, 0.4) is 0 Å². The highest BCUT2D eigenvalue weighted by Crippen LogP contribution is 2.14. The largest absolute Gasteiger partial charge is 0.352 e. The first-order valence-corrected chi connectivity index (χ1v) is 9.26. The molecule has 0 aliphatic carbocycles. The molecule has 2 amide bonds. The summed E-state index contributed by atoms with van der Waals surface area (Å²) in [6.45, 7) is 2.19. The second-order valence-corrected chi connectivity index (χ2v) is 6.69. The zero-order chi connectivity index (χ0) is 18.2. The smallest absolute Gasteiger partial charge is 0.253 e. The fourth-order valence-electron chi connectivity index (χ4n) is 3.14. The molecule has 5 nitrogen and oxygen atoms in total. The summed E-state index contributed by atoms with van der Waals surface area (Å²) in [6.07, 6.45) is 8.03. The fourth-order valence-corrected chi connectivity index (χ4v) is 3.14. The van der Waals surface area contributed by atoms with Gasteiger partial charge in [-0.05, 0) is 55.0 Å². The van der Waals surface area contributed by atoms with E-state index in [4.69, 9.17) is 0 Å². The van der Waals surface area contributed by atoms with Crippen molar-refractivity contribution < 1.29 is 9.59 Å². The Bertz CT molecular complexity index is 723. The summed E-state index contributed by atoms with van der Waals surface area (Å²) in [4.78, 5) is 30.4. The molecule has 0 spiro atoms. The standard InChI is InChI=1S/C21H25N3O2/c25-20(11-8-17-5-4-12-22-15-17)23-16-18-6-9-19(10-7-18)21(26)24-13-2-1-3-14-24/h4-7,9-10,12,15H,1-3,8,11,13-14,16H2,(H,23,25). The van der Waals surface area contributed by atoms with Crippen LogP contribution in [-0.2, 0) is 17.8 Å². The number of hydrogen-bond acceptors (Lipinski definition) is 3. The number of rotatable bonds is 6. The highest BCUT2D eigenvalue weighted by atomic mass is 16.2. The van der Waals surface area contributed by atoms with Crippen LogP contribution in [0.5, 0.6) is 0 Å². The van der Waals surface area contributed by atoms with E-state index in [-0.39, 0.29) is 11.8 Å². The Kier molecular flexibility index (Phi) is 6.36. The molecule has 0 atom stereocenters. The predicted molar refractivity (Wildman–Crippen MR) is 101 cm³/mol. The van der Waals surface area contributed by atoms with Gasteiger partial charge in [0.1, 0.15) is 0 Å². The molecule has 5 heteroatoms. The molecule has 0 radical (unpaired) electrons. The van der Waals surface area contributed by atoms with E-state index < -0.39 is 0 Å². The van der Waals surface area contributed by atoms with Gasteiger partial charge in [0.05, 0.1) is 0 Å². The van der Waals surface area contributed by atoms with Gasteiger partial charge in [0.15, 0.2) is 0 Å². The van der Waals surface area contributed by atoms with Crippen molar-refractivity contribution >= 4 is 11.8 Å². The Balaban J connectivity index is 1.45. The van der Waals surface area contributed by atoms with Crippen LogP contribution < -0.4 is 5.32 Å². The molecule has 1 fully saturated rings. The van der Waals surface area contributed by atoms with Gasteiger partial charge >= 0.3 is 0 Å². The van der Waals surface area contributed by atoms with E-state index in [1.165, 1.54) is 6.42 Å². The first-order valence-electron chi connectivity index (χ1n) is 9.26. The van der Waals surface area contributed by atoms with Crippen molar-refractivity contribution in [1.82, 2.24) is 15.2 Å². The third kappa shape index (κ3) is 5.15. The van der Waals surface area contributed by atoms with Crippen LogP contribution in [0, 0.1) is 0 Å². The monoisotopic (exact) mass is 351 g/mol. The molecule has 2 heterocycles. The van der Waals surface area contributed by atoms with Gasteiger partial charge in [0, 0.05) is 44.0 Å². The quantitative estimate of drug-likeness (QED) is 0.870. The molecule has 0 bridgehead atoms. The van der Waals surface area contributed by atoms with Gasteiger partial charge in [-0.1, -0.05) is 18.2 Å². The maximum atomic E-state index is 12.4. The fraction of sp³-hybridized carbons (Fsp3) is 0.381. The van der Waals surface area contributed by atoms with Crippen LogP contribution in [0.2, 0.25) is 0 Å². The third-order valence-corrected chi connectivity index (χ3v) is 4.70. The molecule has 1 aliphatic heterocycles. The number of piperidine rings is 1. The molecule has 0 saturated carbocycles. The zero-order valence-electron chi connectivity index (χ0n) is 15.0. The molecule has 136 valence electrons. The minimum Gasteiger partial charge on any atom is -0.352 e. The highest BCUT2D eigenvalue weighted by molar-refractivity contribution is 5.94. The summed E-state index contributed by atoms with van der Waals surface area (Å²) >= 11 is 0. The van der Waals surface area contributed by atoms with Gasteiger partial charge in [-0.3, -0.25) is 14.6 Å². The average molecular weight is 351 g/mol. The average Bonchev–Trinajstić information content (AvgIpc) is 2.72. The van der Waals surface area contributed by atoms with E-state index in [1.54, 1.807) is 12.4 Å². The van der Waals surface area contributed by atoms with Crippen LogP contribution >= 0.6 is 0 Å². The Morgan fingerprint density at radius 3 is 2.46 bits per heavy atom. The lowest BCUT2D eigenvalue weighted by molar-refractivity contribution is -0.121. The molecule has 2 aromatic rings. The maximum absolute atomic E-state index is 12.4. The molecule has 3 rings (SSSR count). The Hall–Kier alpha value is -2.69. The second-order valence-electron chi connectivity index (χ2n) is 6.69. The van der Waals surface area contributed by atoms with E-state index in [1.807, 2.05) is 41.3 Å². The van der Waals surface area contributed by atoms with E-state index in [9.17, 15) is 9.59 Å². The van der Waals surface area contributed by atoms with E-state index in [0.29, 0.717) is 19.4 Å². The van der Waals surface area contributed by atoms with Crippen LogP contribution in [0.15, 0.2) is 48.8 Å². The molecule has 1 aromatic carbocycles. The summed E-state index contributed by atoms with van der Waals surface area (Å²) in [5.74, 6) is 0.124. The lowest BCUT2D eigenvalue weighted by atomic mass is 10.1. The number of carbonyl (C=O) groups excluding carboxylic acids is 2. The minimum atomic E-state index is 0.0160. The SMILES string of the molecule is O=C(CCc1cccnc1)NCc1ccc(C(=O)N2CCCCC2)cc1. The van der Waals surface area contributed by atoms with Gasteiger partial charge in [0.2, 0.25) is 5.91 Å². The number of amides is 2. The number of carbonyl (C=O) groups is 2. The number of benzene rings is 1. The summed E-state index contributed by atoms with van der Waals surface area (Å²) in [5, 5.41) is 2.93. The normalized spacial score (nSPS) is 14.1. The number of aryl methyl sites for hydroxylation is 1. The predicted octanol–water partition coefficient (Wildman–Crippen LogP) is 2.96. The molecule has 1 aliphatic rings. The topological polar surface area (TPSA) is 62.3 Å². The molecule has 0 unspecified atom stereocenters. The number of likely N-dealkylation sites (tertiary alicyclic amines) is 1. The molecular weight excluding hydrogens is 326 g/mol. The minimum absolute atomic E-state index is 0.0160. The Morgan fingerprint density at radius 1 is 1.00 bits per heavy atom. The van der Waals surface area contributed by atoms with E-state index in [2.05, 4.69) is 10.3 Å². The van der Waals surface area contributed by atoms with Crippen LogP contribution in [0.4, 0.5) is 0 Å². The van der Waals surface area contributed by atoms with Crippen molar-refractivity contribution in [3.63, 3.8) is 0 Å². The first kappa shape index (κ1) is 18.1. The van der Waals surface area contributed by atoms with E-state index in [0.717, 1.165) is 42.6 Å². The molecule has 1 saturated heterocycles. The van der Waals surface area contributed by atoms with Crippen molar-refractivity contribution in [3.05, 3.63) is 65.5 Å². The van der Waals surface area contributed by atoms with Gasteiger partial charge in [-0.2, -0.15) is 0 Å². The van der Waals surface area contributed by atoms with Gasteiger partial charge in [-0.25, -0.2) is 0 Å². The molecule has 1 aromatic heterocycles. The van der Waals surface area contributed by atoms with Crippen LogP contribution in [0.1, 0.15) is 47.2 Å². The number of pyridine rings is 1. The summed E-state index contributed by atoms with van der Waals surface area (Å²) in [6, 6.07) is 11.4. The summed E-state index contributed by atoms with van der Waals surface area (Å²) < 4.78 is 0. The van der Waals surface area contributed by atoms with E-state index >= 15 is 0 Å². The maximum Gasteiger partial charge on any atom is 0.253 e. The molecule has 1 N–H and O–H groups in total. The summed E-state index contributed by atoms with van der Waals surface area (Å²) in [7, 11) is 0. The lowest BCUT2D eigenvalue weighted by Gasteiger charge is -2.26. The van der Waals surface area contributed by atoms with Crippen LogP contribution in [0.25, 0.3) is 0 Å².